The first kappa shape index (κ1) is 36.2. The second kappa shape index (κ2) is 16.5. The van der Waals surface area contributed by atoms with Crippen LogP contribution >= 0.6 is 11.6 Å². The molecule has 4 aromatic carbocycles. The van der Waals surface area contributed by atoms with Crippen molar-refractivity contribution < 1.29 is 31.9 Å². The van der Waals surface area contributed by atoms with E-state index in [0.717, 1.165) is 9.87 Å². The maximum Gasteiger partial charge on any atom is 0.264 e. The molecule has 12 heteroatoms. The van der Waals surface area contributed by atoms with Crippen LogP contribution in [0.2, 0.25) is 5.02 Å². The zero-order chi connectivity index (χ0) is 34.8. The van der Waals surface area contributed by atoms with Crippen molar-refractivity contribution >= 4 is 39.1 Å². The highest BCUT2D eigenvalue weighted by Crippen LogP contribution is 2.33. The van der Waals surface area contributed by atoms with Crippen LogP contribution in [0.4, 0.5) is 10.1 Å². The average Bonchev–Trinajstić information content (AvgIpc) is 3.08. The summed E-state index contributed by atoms with van der Waals surface area (Å²) in [6.07, 6.45) is 0.154. The minimum atomic E-state index is -4.40. The molecule has 0 aliphatic heterocycles. The number of anilines is 1. The highest BCUT2D eigenvalue weighted by Gasteiger charge is 2.35. The van der Waals surface area contributed by atoms with E-state index in [1.165, 1.54) is 85.8 Å². The first-order valence-corrected chi connectivity index (χ1v) is 17.1. The molecule has 0 unspecified atom stereocenters. The summed E-state index contributed by atoms with van der Waals surface area (Å²) in [5.74, 6) is -0.861. The van der Waals surface area contributed by atoms with E-state index in [1.54, 1.807) is 0 Å². The van der Waals surface area contributed by atoms with Gasteiger partial charge in [0.25, 0.3) is 10.0 Å². The van der Waals surface area contributed by atoms with Gasteiger partial charge in [0.15, 0.2) is 11.5 Å². The van der Waals surface area contributed by atoms with Gasteiger partial charge in [0, 0.05) is 30.6 Å². The van der Waals surface area contributed by atoms with Crippen molar-refractivity contribution in [3.8, 4) is 11.5 Å². The number of nitrogens with one attached hydrogen (secondary N) is 1. The quantitative estimate of drug-likeness (QED) is 0.161. The number of hydrogen-bond acceptors (Lipinski definition) is 6. The summed E-state index contributed by atoms with van der Waals surface area (Å²) < 4.78 is 54.1. The molecule has 0 heterocycles. The van der Waals surface area contributed by atoms with Crippen LogP contribution in [0.25, 0.3) is 0 Å². The lowest BCUT2D eigenvalue weighted by molar-refractivity contribution is -0.140. The normalized spacial score (nSPS) is 11.9. The molecule has 0 radical (unpaired) electrons. The number of benzene rings is 4. The average molecular weight is 696 g/mol. The molecule has 9 nitrogen and oxygen atoms in total. The number of carbonyl (C=O) groups is 2. The summed E-state index contributed by atoms with van der Waals surface area (Å²) >= 11 is 6.14. The molecule has 0 bridgehead atoms. The Bertz CT molecular complexity index is 1790. The number of amides is 2. The molecule has 0 fully saturated rings. The van der Waals surface area contributed by atoms with E-state index in [4.69, 9.17) is 21.1 Å². The number of nitrogens with zero attached hydrogens (tertiary/aromatic N) is 2. The molecule has 0 spiro atoms. The molecule has 0 aromatic heterocycles. The van der Waals surface area contributed by atoms with E-state index >= 15 is 0 Å². The lowest BCUT2D eigenvalue weighted by atomic mass is 10.0. The monoisotopic (exact) mass is 695 g/mol. The highest BCUT2D eigenvalue weighted by atomic mass is 35.5. The fourth-order valence-corrected chi connectivity index (χ4v) is 6.56. The van der Waals surface area contributed by atoms with Crippen LogP contribution < -0.4 is 19.1 Å². The third kappa shape index (κ3) is 9.26. The van der Waals surface area contributed by atoms with Crippen LogP contribution in [-0.4, -0.2) is 58.5 Å². The maximum absolute atomic E-state index is 14.5. The Morgan fingerprint density at radius 3 is 2.10 bits per heavy atom. The van der Waals surface area contributed by atoms with Crippen molar-refractivity contribution in [3.05, 3.63) is 119 Å². The van der Waals surface area contributed by atoms with Crippen molar-refractivity contribution in [1.82, 2.24) is 10.2 Å². The summed E-state index contributed by atoms with van der Waals surface area (Å²) in [6.45, 7) is 3.53. The molecule has 2 amide bonds. The second-order valence-electron chi connectivity index (χ2n) is 11.5. The summed E-state index contributed by atoms with van der Waals surface area (Å²) in [5, 5.41) is 3.31. The van der Waals surface area contributed by atoms with E-state index in [1.807, 2.05) is 44.2 Å². The molecule has 48 heavy (non-hydrogen) atoms. The third-order valence-corrected chi connectivity index (χ3v) is 9.58. The van der Waals surface area contributed by atoms with Gasteiger partial charge >= 0.3 is 0 Å². The zero-order valence-corrected chi connectivity index (χ0v) is 28.8. The predicted molar refractivity (Wildman–Crippen MR) is 184 cm³/mol. The van der Waals surface area contributed by atoms with Crippen LogP contribution in [0.5, 0.6) is 11.5 Å². The number of ether oxygens (including phenoxy) is 2. The van der Waals surface area contributed by atoms with Gasteiger partial charge in [-0.15, -0.1) is 0 Å². The van der Waals surface area contributed by atoms with E-state index in [0.29, 0.717) is 22.9 Å². The molecular formula is C36H39ClFN3O6S. The number of rotatable bonds is 15. The summed E-state index contributed by atoms with van der Waals surface area (Å²) in [7, 11) is -1.58. The Morgan fingerprint density at radius 2 is 1.50 bits per heavy atom. The predicted octanol–water partition coefficient (Wildman–Crippen LogP) is 6.10. The van der Waals surface area contributed by atoms with Crippen LogP contribution in [-0.2, 0) is 32.6 Å². The maximum atomic E-state index is 14.5. The molecular weight excluding hydrogens is 657 g/mol. The van der Waals surface area contributed by atoms with Crippen molar-refractivity contribution in [2.45, 2.75) is 37.8 Å². The Balaban J connectivity index is 1.81. The Morgan fingerprint density at radius 1 is 0.854 bits per heavy atom. The van der Waals surface area contributed by atoms with Crippen molar-refractivity contribution in [2.75, 3.05) is 31.6 Å². The van der Waals surface area contributed by atoms with Crippen LogP contribution in [0, 0.1) is 11.7 Å². The van der Waals surface area contributed by atoms with Crippen LogP contribution in [0.1, 0.15) is 25.0 Å². The zero-order valence-electron chi connectivity index (χ0n) is 27.2. The van der Waals surface area contributed by atoms with Gasteiger partial charge < -0.3 is 19.7 Å². The molecule has 1 atom stereocenters. The standard InChI is InChI=1S/C36H39ClFN3O6S/c1-25(2)22-39-36(43)32(20-26-8-6-5-7-9-26)40(23-27-10-14-29(38)15-11-27)35(42)24-41(30-16-12-28(37)13-17-30)48(44,45)31-18-19-33(46-3)34(21-31)47-4/h5-19,21,25,32H,20,22-24H2,1-4H3,(H,39,43)/t32-/m1/s1. The molecule has 0 saturated carbocycles. The number of hydrogen-bond donors (Lipinski definition) is 1. The number of carbonyl (C=O) groups excluding carboxylic acids is 2. The minimum absolute atomic E-state index is 0.0867. The minimum Gasteiger partial charge on any atom is -0.493 e. The van der Waals surface area contributed by atoms with Gasteiger partial charge in [-0.25, -0.2) is 12.8 Å². The van der Waals surface area contributed by atoms with Crippen molar-refractivity contribution in [1.29, 1.82) is 0 Å². The molecule has 0 aliphatic rings. The number of halogens is 2. The fourth-order valence-electron chi connectivity index (χ4n) is 5.00. The Labute approximate surface area is 286 Å². The lowest BCUT2D eigenvalue weighted by Crippen LogP contribution is -2.53. The SMILES string of the molecule is COc1ccc(S(=O)(=O)N(CC(=O)N(Cc2ccc(F)cc2)[C@H](Cc2ccccc2)C(=O)NCC(C)C)c2ccc(Cl)cc2)cc1OC. The highest BCUT2D eigenvalue weighted by molar-refractivity contribution is 7.92. The summed E-state index contributed by atoms with van der Waals surface area (Å²) in [4.78, 5) is 29.6. The van der Waals surface area contributed by atoms with Crippen LogP contribution in [0.15, 0.2) is 102 Å². The third-order valence-electron chi connectivity index (χ3n) is 7.56. The molecule has 4 rings (SSSR count). The van der Waals surface area contributed by atoms with Gasteiger partial charge in [0.1, 0.15) is 18.4 Å². The van der Waals surface area contributed by atoms with E-state index in [2.05, 4.69) is 5.32 Å². The topological polar surface area (TPSA) is 105 Å². The summed E-state index contributed by atoms with van der Waals surface area (Å²) in [6, 6.07) is 24.0. The van der Waals surface area contributed by atoms with E-state index < -0.39 is 40.2 Å². The lowest BCUT2D eigenvalue weighted by Gasteiger charge is -2.34. The Hall–Kier alpha value is -4.61. The van der Waals surface area contributed by atoms with E-state index in [-0.39, 0.29) is 35.2 Å². The molecule has 254 valence electrons. The molecule has 1 N–H and O–H groups in total. The summed E-state index contributed by atoms with van der Waals surface area (Å²) in [5.41, 5.74) is 1.53. The first-order chi connectivity index (χ1) is 22.9. The van der Waals surface area contributed by atoms with E-state index in [9.17, 15) is 22.4 Å². The second-order valence-corrected chi connectivity index (χ2v) is 13.8. The number of sulfonamides is 1. The van der Waals surface area contributed by atoms with Gasteiger partial charge in [-0.1, -0.05) is 67.9 Å². The van der Waals surface area contributed by atoms with Crippen molar-refractivity contribution in [2.24, 2.45) is 5.92 Å². The Kier molecular flexibility index (Phi) is 12.4. The molecule has 0 aliphatic carbocycles. The van der Waals surface area contributed by atoms with Gasteiger partial charge in [-0.3, -0.25) is 13.9 Å². The molecule has 0 saturated heterocycles. The van der Waals surface area contributed by atoms with Gasteiger partial charge in [0.05, 0.1) is 24.8 Å². The largest absolute Gasteiger partial charge is 0.493 e. The van der Waals surface area contributed by atoms with Gasteiger partial charge in [0.2, 0.25) is 11.8 Å². The smallest absolute Gasteiger partial charge is 0.264 e. The molecule has 4 aromatic rings. The van der Waals surface area contributed by atoms with Crippen molar-refractivity contribution in [3.63, 3.8) is 0 Å². The van der Waals surface area contributed by atoms with Crippen LogP contribution in [0.3, 0.4) is 0 Å². The van der Waals surface area contributed by atoms with Gasteiger partial charge in [-0.05, 0) is 65.6 Å². The number of methoxy groups -OCH3 is 2. The van der Waals surface area contributed by atoms with Gasteiger partial charge in [-0.2, -0.15) is 0 Å². The fraction of sp³-hybridized carbons (Fsp3) is 0.278. The first-order valence-electron chi connectivity index (χ1n) is 15.3.